The summed E-state index contributed by atoms with van der Waals surface area (Å²) < 4.78 is 11.1. The fourth-order valence-corrected chi connectivity index (χ4v) is 2.27. The summed E-state index contributed by atoms with van der Waals surface area (Å²) in [6.07, 6.45) is 0. The summed E-state index contributed by atoms with van der Waals surface area (Å²) in [6.45, 7) is 5.21. The number of aromatic nitrogens is 1. The molecule has 0 spiro atoms. The number of hydrogen-bond donors (Lipinski definition) is 2. The van der Waals surface area contributed by atoms with Crippen LogP contribution in [0, 0.1) is 13.8 Å². The van der Waals surface area contributed by atoms with E-state index in [9.17, 15) is 0 Å². The molecule has 2 aromatic rings. The molecule has 9 heteroatoms. The molecule has 1 heterocycles. The van der Waals surface area contributed by atoms with Gasteiger partial charge in [-0.05, 0) is 26.0 Å². The maximum atomic E-state index is 6.06. The maximum Gasteiger partial charge on any atom is 0.214 e. The molecular weight excluding hydrogens is 478 g/mol. The topological polar surface area (TPSA) is 71.7 Å². The minimum atomic E-state index is 0. The highest BCUT2D eigenvalue weighted by molar-refractivity contribution is 14.0. The molecule has 0 amide bonds. The minimum absolute atomic E-state index is 0. The van der Waals surface area contributed by atoms with E-state index in [1.54, 1.807) is 25.2 Å². The van der Waals surface area contributed by atoms with Gasteiger partial charge < -0.3 is 19.8 Å². The Kier molecular flexibility index (Phi) is 9.37. The van der Waals surface area contributed by atoms with Crippen LogP contribution in [0.5, 0.6) is 5.75 Å². The van der Waals surface area contributed by atoms with Crippen molar-refractivity contribution in [1.82, 2.24) is 15.6 Å². The van der Waals surface area contributed by atoms with Crippen LogP contribution < -0.4 is 15.4 Å². The summed E-state index contributed by atoms with van der Waals surface area (Å²) in [5.41, 5.74) is 0.890. The first-order chi connectivity index (χ1) is 11.5. The molecule has 0 bridgehead atoms. The van der Waals surface area contributed by atoms with Crippen molar-refractivity contribution in [2.45, 2.75) is 20.4 Å². The zero-order valence-electron chi connectivity index (χ0n) is 14.2. The van der Waals surface area contributed by atoms with Crippen molar-refractivity contribution in [2.24, 2.45) is 4.99 Å². The van der Waals surface area contributed by atoms with Gasteiger partial charge in [0.05, 0.1) is 23.8 Å². The lowest BCUT2D eigenvalue weighted by molar-refractivity contribution is 0.322. The Morgan fingerprint density at radius 2 is 2.04 bits per heavy atom. The van der Waals surface area contributed by atoms with E-state index in [4.69, 9.17) is 32.4 Å². The Bertz CT molecular complexity index is 703. The molecule has 0 atom stereocenters. The molecule has 138 valence electrons. The Morgan fingerprint density at radius 3 is 2.68 bits per heavy atom. The van der Waals surface area contributed by atoms with Crippen LogP contribution in [-0.2, 0) is 6.54 Å². The molecule has 1 aromatic heterocycles. The smallest absolute Gasteiger partial charge is 0.214 e. The lowest BCUT2D eigenvalue weighted by atomic mass is 10.3. The molecule has 0 aliphatic rings. The molecule has 0 aliphatic heterocycles. The third-order valence-corrected chi connectivity index (χ3v) is 4.07. The largest absolute Gasteiger partial charge is 0.490 e. The van der Waals surface area contributed by atoms with Crippen LogP contribution in [0.15, 0.2) is 27.6 Å². The number of ether oxygens (including phenoxy) is 1. The number of aryl methyl sites for hydroxylation is 2. The Balaban J connectivity index is 0.00000312. The van der Waals surface area contributed by atoms with Crippen molar-refractivity contribution in [1.29, 1.82) is 0 Å². The first-order valence-corrected chi connectivity index (χ1v) is 8.21. The first kappa shape index (κ1) is 21.9. The third kappa shape index (κ3) is 6.56. The predicted molar refractivity (Wildman–Crippen MR) is 112 cm³/mol. The fourth-order valence-electron chi connectivity index (χ4n) is 1.92. The summed E-state index contributed by atoms with van der Waals surface area (Å²) in [6, 6.07) is 5.28. The number of guanidine groups is 1. The molecular formula is C16H21Cl2IN4O2. The van der Waals surface area contributed by atoms with Gasteiger partial charge in [-0.2, -0.15) is 0 Å². The van der Waals surface area contributed by atoms with E-state index in [0.717, 1.165) is 11.5 Å². The number of rotatable bonds is 6. The van der Waals surface area contributed by atoms with Crippen LogP contribution in [0.1, 0.15) is 17.3 Å². The maximum absolute atomic E-state index is 6.06. The van der Waals surface area contributed by atoms with E-state index < -0.39 is 0 Å². The summed E-state index contributed by atoms with van der Waals surface area (Å²) in [7, 11) is 1.69. The van der Waals surface area contributed by atoms with Gasteiger partial charge in [-0.1, -0.05) is 29.3 Å². The van der Waals surface area contributed by atoms with E-state index in [1.165, 1.54) is 0 Å². The lowest BCUT2D eigenvalue weighted by Crippen LogP contribution is -2.38. The molecule has 0 saturated carbocycles. The Labute approximate surface area is 174 Å². The SMILES string of the molecule is CN=C(NCCOc1cccc(Cl)c1Cl)NCc1nc(C)c(C)o1.I. The van der Waals surface area contributed by atoms with Crippen molar-refractivity contribution in [3.05, 3.63) is 45.6 Å². The Hall–Kier alpha value is -1.19. The average Bonchev–Trinajstić information content (AvgIpc) is 2.89. The number of nitrogens with zero attached hydrogens (tertiary/aromatic N) is 2. The molecule has 25 heavy (non-hydrogen) atoms. The van der Waals surface area contributed by atoms with Gasteiger partial charge >= 0.3 is 0 Å². The molecule has 0 radical (unpaired) electrons. The molecule has 6 nitrogen and oxygen atoms in total. The van der Waals surface area contributed by atoms with Crippen LogP contribution in [0.3, 0.4) is 0 Å². The molecule has 0 unspecified atom stereocenters. The second-order valence-corrected chi connectivity index (χ2v) is 5.79. The van der Waals surface area contributed by atoms with Gasteiger partial charge in [0, 0.05) is 7.05 Å². The molecule has 2 N–H and O–H groups in total. The quantitative estimate of drug-likeness (QED) is 0.273. The molecule has 2 rings (SSSR count). The zero-order chi connectivity index (χ0) is 17.5. The van der Waals surface area contributed by atoms with Crippen molar-refractivity contribution in [3.63, 3.8) is 0 Å². The summed E-state index contributed by atoms with van der Waals surface area (Å²) in [5.74, 6) is 2.63. The second kappa shape index (κ2) is 10.7. The van der Waals surface area contributed by atoms with Crippen LogP contribution in [0.2, 0.25) is 10.0 Å². The van der Waals surface area contributed by atoms with E-state index >= 15 is 0 Å². The van der Waals surface area contributed by atoms with Crippen molar-refractivity contribution < 1.29 is 9.15 Å². The summed E-state index contributed by atoms with van der Waals surface area (Å²) >= 11 is 12.0. The molecule has 1 aromatic carbocycles. The number of hydrogen-bond acceptors (Lipinski definition) is 4. The van der Waals surface area contributed by atoms with E-state index in [0.29, 0.717) is 47.3 Å². The lowest BCUT2D eigenvalue weighted by Gasteiger charge is -2.12. The van der Waals surface area contributed by atoms with Gasteiger partial charge in [-0.3, -0.25) is 4.99 Å². The average molecular weight is 499 g/mol. The molecule has 0 aliphatic carbocycles. The number of halogens is 3. The van der Waals surface area contributed by atoms with Gasteiger partial charge in [0.25, 0.3) is 0 Å². The van der Waals surface area contributed by atoms with Crippen LogP contribution in [-0.4, -0.2) is 31.1 Å². The number of aliphatic imine (C=N–C) groups is 1. The number of oxazole rings is 1. The highest BCUT2D eigenvalue weighted by atomic mass is 127. The van der Waals surface area contributed by atoms with Gasteiger partial charge in [-0.15, -0.1) is 24.0 Å². The standard InChI is InChI=1S/C16H20Cl2N4O2.HI/c1-10-11(2)24-14(22-10)9-21-16(19-3)20-7-8-23-13-6-4-5-12(17)15(13)18;/h4-6H,7-9H2,1-3H3,(H2,19,20,21);1H. The van der Waals surface area contributed by atoms with Crippen LogP contribution in [0.4, 0.5) is 0 Å². The monoisotopic (exact) mass is 498 g/mol. The van der Waals surface area contributed by atoms with E-state index in [-0.39, 0.29) is 24.0 Å². The second-order valence-electron chi connectivity index (χ2n) is 5.00. The van der Waals surface area contributed by atoms with Gasteiger partial charge in [0.15, 0.2) is 5.96 Å². The van der Waals surface area contributed by atoms with Crippen LogP contribution >= 0.6 is 47.2 Å². The van der Waals surface area contributed by atoms with Crippen LogP contribution in [0.25, 0.3) is 0 Å². The van der Waals surface area contributed by atoms with E-state index in [1.807, 2.05) is 13.8 Å². The summed E-state index contributed by atoms with van der Waals surface area (Å²) in [4.78, 5) is 8.44. The molecule has 0 fully saturated rings. The molecule has 0 saturated heterocycles. The minimum Gasteiger partial charge on any atom is -0.490 e. The third-order valence-electron chi connectivity index (χ3n) is 3.27. The highest BCUT2D eigenvalue weighted by Crippen LogP contribution is 2.31. The van der Waals surface area contributed by atoms with Gasteiger partial charge in [-0.25, -0.2) is 4.98 Å². The Morgan fingerprint density at radius 1 is 1.28 bits per heavy atom. The first-order valence-electron chi connectivity index (χ1n) is 7.45. The van der Waals surface area contributed by atoms with Gasteiger partial charge in [0.1, 0.15) is 23.1 Å². The normalized spacial score (nSPS) is 11.0. The number of nitrogens with one attached hydrogen (secondary N) is 2. The predicted octanol–water partition coefficient (Wildman–Crippen LogP) is 3.96. The van der Waals surface area contributed by atoms with Crippen molar-refractivity contribution >= 4 is 53.1 Å². The highest BCUT2D eigenvalue weighted by Gasteiger charge is 2.07. The van der Waals surface area contributed by atoms with Crippen molar-refractivity contribution in [3.8, 4) is 5.75 Å². The van der Waals surface area contributed by atoms with E-state index in [2.05, 4.69) is 20.6 Å². The fraction of sp³-hybridized carbons (Fsp3) is 0.375. The summed E-state index contributed by atoms with van der Waals surface area (Å²) in [5, 5.41) is 7.14. The zero-order valence-corrected chi connectivity index (χ0v) is 18.1. The number of benzene rings is 1. The van der Waals surface area contributed by atoms with Crippen molar-refractivity contribution in [2.75, 3.05) is 20.2 Å². The van der Waals surface area contributed by atoms with Gasteiger partial charge in [0.2, 0.25) is 5.89 Å².